The van der Waals surface area contributed by atoms with Gasteiger partial charge in [-0.25, -0.2) is 0 Å². The number of para-hydroxylation sites is 1. The average Bonchev–Trinajstić information content (AvgIpc) is 2.51. The highest BCUT2D eigenvalue weighted by Crippen LogP contribution is 2.14. The fraction of sp³-hybridized carbons (Fsp3) is 0.312. The van der Waals surface area contributed by atoms with E-state index < -0.39 is 0 Å². The highest BCUT2D eigenvalue weighted by atomic mass is 32.1. The van der Waals surface area contributed by atoms with E-state index in [0.717, 1.165) is 12.8 Å². The number of rotatable bonds is 7. The lowest BCUT2D eigenvalue weighted by atomic mass is 10.1. The molecule has 22 heavy (non-hydrogen) atoms. The lowest BCUT2D eigenvalue weighted by Crippen LogP contribution is -2.34. The number of carbonyl (C=O) groups is 2. The first-order valence-corrected chi connectivity index (χ1v) is 7.58. The smallest absolute Gasteiger partial charge is 0.253 e. The van der Waals surface area contributed by atoms with Gasteiger partial charge >= 0.3 is 0 Å². The second-order valence-electron chi connectivity index (χ2n) is 4.65. The minimum absolute atomic E-state index is 0.132. The summed E-state index contributed by atoms with van der Waals surface area (Å²) in [5.41, 5.74) is 0.999. The second-order valence-corrected chi connectivity index (χ2v) is 5.06. The third-order valence-corrected chi connectivity index (χ3v) is 3.04. The van der Waals surface area contributed by atoms with Crippen LogP contribution >= 0.6 is 12.2 Å². The van der Waals surface area contributed by atoms with Crippen LogP contribution in [0.3, 0.4) is 0 Å². The highest BCUT2D eigenvalue weighted by molar-refractivity contribution is 7.80. The Morgan fingerprint density at radius 1 is 1.32 bits per heavy atom. The van der Waals surface area contributed by atoms with E-state index >= 15 is 0 Å². The van der Waals surface area contributed by atoms with Crippen molar-refractivity contribution in [3.63, 3.8) is 0 Å². The molecule has 0 aliphatic carbocycles. The van der Waals surface area contributed by atoms with E-state index in [9.17, 15) is 9.59 Å². The number of unbranched alkanes of at least 4 members (excludes halogenated alkanes) is 1. The molecule has 0 radical (unpaired) electrons. The molecule has 118 valence electrons. The van der Waals surface area contributed by atoms with E-state index in [1.54, 1.807) is 30.3 Å². The van der Waals surface area contributed by atoms with Gasteiger partial charge in [-0.1, -0.05) is 31.6 Å². The van der Waals surface area contributed by atoms with Gasteiger partial charge in [0.15, 0.2) is 5.11 Å². The molecular weight excluding hydrogens is 298 g/mol. The maximum Gasteiger partial charge on any atom is 0.253 e. The standard InChI is InChI=1S/C16H21N3O2S/c1-3-5-10-14(20)19-16(22)18-13-9-7-6-8-12(13)15(21)17-11-4-2/h4,6-9H,2-3,5,10-11H2,1H3,(H,17,21)(H2,18,19,20,22). The first-order chi connectivity index (χ1) is 10.6. The minimum Gasteiger partial charge on any atom is -0.349 e. The third-order valence-electron chi connectivity index (χ3n) is 2.84. The number of benzene rings is 1. The number of thiocarbonyl (C=S) groups is 1. The van der Waals surface area contributed by atoms with Gasteiger partial charge in [0.2, 0.25) is 5.91 Å². The van der Waals surface area contributed by atoms with Crippen molar-refractivity contribution in [3.8, 4) is 0 Å². The highest BCUT2D eigenvalue weighted by Gasteiger charge is 2.12. The summed E-state index contributed by atoms with van der Waals surface area (Å²) in [4.78, 5) is 23.7. The van der Waals surface area contributed by atoms with Crippen molar-refractivity contribution in [2.75, 3.05) is 11.9 Å². The zero-order chi connectivity index (χ0) is 16.4. The van der Waals surface area contributed by atoms with Crippen LogP contribution in [0.15, 0.2) is 36.9 Å². The third kappa shape index (κ3) is 6.05. The molecule has 0 aliphatic rings. The number of hydrogen-bond acceptors (Lipinski definition) is 3. The topological polar surface area (TPSA) is 70.2 Å². The normalized spacial score (nSPS) is 9.68. The van der Waals surface area contributed by atoms with Gasteiger partial charge in [0.1, 0.15) is 0 Å². The first kappa shape index (κ1) is 17.8. The number of amides is 2. The van der Waals surface area contributed by atoms with Crippen molar-refractivity contribution >= 4 is 34.8 Å². The summed E-state index contributed by atoms with van der Waals surface area (Å²) < 4.78 is 0. The Morgan fingerprint density at radius 2 is 2.05 bits per heavy atom. The van der Waals surface area contributed by atoms with Gasteiger partial charge < -0.3 is 16.0 Å². The van der Waals surface area contributed by atoms with Crippen LogP contribution < -0.4 is 16.0 Å². The summed E-state index contributed by atoms with van der Waals surface area (Å²) in [5.74, 6) is -0.365. The van der Waals surface area contributed by atoms with Crippen molar-refractivity contribution in [3.05, 3.63) is 42.5 Å². The van der Waals surface area contributed by atoms with Gasteiger partial charge in [-0.3, -0.25) is 9.59 Å². The summed E-state index contributed by atoms with van der Waals surface area (Å²) in [6, 6.07) is 6.96. The van der Waals surface area contributed by atoms with Crippen LogP contribution in [0.5, 0.6) is 0 Å². The molecule has 5 nitrogen and oxygen atoms in total. The molecule has 0 aromatic heterocycles. The summed E-state index contributed by atoms with van der Waals surface area (Å²) in [6.07, 6.45) is 3.79. The van der Waals surface area contributed by atoms with Crippen LogP contribution in [0.2, 0.25) is 0 Å². The molecule has 2 amide bonds. The van der Waals surface area contributed by atoms with E-state index in [1.165, 1.54) is 0 Å². The predicted octanol–water partition coefficient (Wildman–Crippen LogP) is 2.61. The van der Waals surface area contributed by atoms with E-state index in [1.807, 2.05) is 6.92 Å². The Kier molecular flexibility index (Phi) is 7.85. The van der Waals surface area contributed by atoms with Crippen LogP contribution in [0, 0.1) is 0 Å². The Morgan fingerprint density at radius 3 is 2.73 bits per heavy atom. The molecule has 0 saturated heterocycles. The summed E-state index contributed by atoms with van der Waals surface area (Å²) in [5, 5.41) is 8.38. The van der Waals surface area contributed by atoms with E-state index in [0.29, 0.717) is 24.2 Å². The van der Waals surface area contributed by atoms with Crippen molar-refractivity contribution in [2.45, 2.75) is 26.2 Å². The molecule has 0 atom stereocenters. The van der Waals surface area contributed by atoms with Gasteiger partial charge in [-0.05, 0) is 30.8 Å². The molecule has 6 heteroatoms. The van der Waals surface area contributed by atoms with Crippen molar-refractivity contribution < 1.29 is 9.59 Å². The number of nitrogens with one attached hydrogen (secondary N) is 3. The summed E-state index contributed by atoms with van der Waals surface area (Å²) >= 11 is 5.11. The fourth-order valence-corrected chi connectivity index (χ4v) is 1.95. The minimum atomic E-state index is -0.233. The van der Waals surface area contributed by atoms with Crippen molar-refractivity contribution in [2.24, 2.45) is 0 Å². The summed E-state index contributed by atoms with van der Waals surface area (Å²) in [6.45, 7) is 5.95. The molecule has 0 aliphatic heterocycles. The van der Waals surface area contributed by atoms with Gasteiger partial charge in [0.05, 0.1) is 11.3 Å². The molecule has 0 fully saturated rings. The Balaban J connectivity index is 2.68. The molecule has 1 aromatic rings. The van der Waals surface area contributed by atoms with Crippen LogP contribution in [0.1, 0.15) is 36.5 Å². The molecular formula is C16H21N3O2S. The molecule has 0 heterocycles. The SMILES string of the molecule is C=CCNC(=O)c1ccccc1NC(=S)NC(=O)CCCC. The van der Waals surface area contributed by atoms with E-state index in [4.69, 9.17) is 12.2 Å². The van der Waals surface area contributed by atoms with Crippen LogP contribution in [0.4, 0.5) is 5.69 Å². The quantitative estimate of drug-likeness (QED) is 0.534. The van der Waals surface area contributed by atoms with Gasteiger partial charge in [0, 0.05) is 13.0 Å². The number of hydrogen-bond donors (Lipinski definition) is 3. The molecule has 3 N–H and O–H groups in total. The molecule has 1 rings (SSSR count). The van der Waals surface area contributed by atoms with Crippen molar-refractivity contribution in [1.82, 2.24) is 10.6 Å². The molecule has 0 bridgehead atoms. The van der Waals surface area contributed by atoms with Crippen LogP contribution in [-0.2, 0) is 4.79 Å². The fourth-order valence-electron chi connectivity index (χ4n) is 1.73. The Labute approximate surface area is 136 Å². The lowest BCUT2D eigenvalue weighted by molar-refractivity contribution is -0.119. The maximum atomic E-state index is 12.0. The number of anilines is 1. The molecule has 0 saturated carbocycles. The Hall–Kier alpha value is -2.21. The molecule has 0 spiro atoms. The van der Waals surface area contributed by atoms with Crippen LogP contribution in [-0.4, -0.2) is 23.5 Å². The van der Waals surface area contributed by atoms with Gasteiger partial charge in [0.25, 0.3) is 5.91 Å². The van der Waals surface area contributed by atoms with Crippen molar-refractivity contribution in [1.29, 1.82) is 0 Å². The summed E-state index contributed by atoms with van der Waals surface area (Å²) in [7, 11) is 0. The second kappa shape index (κ2) is 9.68. The number of carbonyl (C=O) groups excluding carboxylic acids is 2. The monoisotopic (exact) mass is 319 g/mol. The zero-order valence-electron chi connectivity index (χ0n) is 12.6. The molecule has 0 unspecified atom stereocenters. The van der Waals surface area contributed by atoms with Crippen LogP contribution in [0.25, 0.3) is 0 Å². The van der Waals surface area contributed by atoms with Gasteiger partial charge in [-0.2, -0.15) is 0 Å². The predicted molar refractivity (Wildman–Crippen MR) is 92.9 cm³/mol. The molecule has 1 aromatic carbocycles. The Bertz CT molecular complexity index is 558. The van der Waals surface area contributed by atoms with E-state index in [-0.39, 0.29) is 16.9 Å². The van der Waals surface area contributed by atoms with E-state index in [2.05, 4.69) is 22.5 Å². The zero-order valence-corrected chi connectivity index (χ0v) is 13.5. The maximum absolute atomic E-state index is 12.0. The largest absolute Gasteiger partial charge is 0.349 e. The average molecular weight is 319 g/mol. The first-order valence-electron chi connectivity index (χ1n) is 7.17. The lowest BCUT2D eigenvalue weighted by Gasteiger charge is -2.13. The van der Waals surface area contributed by atoms with Gasteiger partial charge in [-0.15, -0.1) is 6.58 Å².